The Morgan fingerprint density at radius 3 is 2.83 bits per heavy atom. The summed E-state index contributed by atoms with van der Waals surface area (Å²) in [5.74, 6) is -2.70. The largest absolute Gasteiger partial charge is 0.485 e. The molecule has 0 saturated carbocycles. The normalized spacial score (nSPS) is 23.0. The minimum absolute atomic E-state index is 0. The Balaban J connectivity index is 0.00000208. The van der Waals surface area contributed by atoms with Gasteiger partial charge in [-0.1, -0.05) is 0 Å². The third kappa shape index (κ3) is 3.41. The lowest BCUT2D eigenvalue weighted by Gasteiger charge is -2.37. The van der Waals surface area contributed by atoms with Crippen LogP contribution in [0.3, 0.4) is 0 Å². The van der Waals surface area contributed by atoms with Gasteiger partial charge in [0.2, 0.25) is 0 Å². The molecule has 0 aromatic heterocycles. The lowest BCUT2D eigenvalue weighted by molar-refractivity contribution is 0.0695. The van der Waals surface area contributed by atoms with E-state index >= 15 is 0 Å². The quantitative estimate of drug-likeness (QED) is 0.830. The standard InChI is InChI=1S/C15H18F4N2O2.ClH/c1-22-7-9-4-8-6-20-2-3-21(8)13-12(17)11(16)5-10(15(18)19)14(13)23-9;/h5,8-9,15,20H,2-4,6-7H2,1H3;1H/t8-,9+;/m1./s1. The van der Waals surface area contributed by atoms with Crippen molar-refractivity contribution in [1.82, 2.24) is 5.32 Å². The second-order valence-corrected chi connectivity index (χ2v) is 5.72. The van der Waals surface area contributed by atoms with Crippen LogP contribution in [0.15, 0.2) is 6.07 Å². The Labute approximate surface area is 143 Å². The molecule has 2 atom stereocenters. The number of hydrogen-bond donors (Lipinski definition) is 1. The molecule has 1 aromatic rings. The number of hydrogen-bond acceptors (Lipinski definition) is 4. The van der Waals surface area contributed by atoms with Crippen LogP contribution in [0, 0.1) is 11.6 Å². The van der Waals surface area contributed by atoms with Crippen LogP contribution in [0.25, 0.3) is 0 Å². The van der Waals surface area contributed by atoms with Crippen molar-refractivity contribution in [2.45, 2.75) is 25.0 Å². The summed E-state index contributed by atoms with van der Waals surface area (Å²) >= 11 is 0. The second-order valence-electron chi connectivity index (χ2n) is 5.72. The van der Waals surface area contributed by atoms with Gasteiger partial charge in [-0.15, -0.1) is 12.4 Å². The first-order chi connectivity index (χ1) is 11.0. The molecule has 1 aromatic carbocycles. The highest BCUT2D eigenvalue weighted by atomic mass is 35.5. The van der Waals surface area contributed by atoms with E-state index in [0.29, 0.717) is 32.1 Å². The monoisotopic (exact) mass is 370 g/mol. The van der Waals surface area contributed by atoms with Crippen molar-refractivity contribution < 1.29 is 27.0 Å². The molecule has 1 N–H and O–H groups in total. The molecule has 0 amide bonds. The van der Waals surface area contributed by atoms with Gasteiger partial charge in [0.15, 0.2) is 17.4 Å². The number of rotatable bonds is 3. The van der Waals surface area contributed by atoms with Gasteiger partial charge < -0.3 is 19.7 Å². The van der Waals surface area contributed by atoms with Gasteiger partial charge in [-0.2, -0.15) is 0 Å². The van der Waals surface area contributed by atoms with Gasteiger partial charge in [0.05, 0.1) is 12.2 Å². The van der Waals surface area contributed by atoms with Crippen molar-refractivity contribution in [3.63, 3.8) is 0 Å². The van der Waals surface area contributed by atoms with Gasteiger partial charge in [0.25, 0.3) is 6.43 Å². The number of piperazine rings is 1. The first-order valence-corrected chi connectivity index (χ1v) is 7.46. The Hall–Kier alpha value is -1.25. The molecule has 9 heteroatoms. The molecular weight excluding hydrogens is 352 g/mol. The summed E-state index contributed by atoms with van der Waals surface area (Å²) in [5.41, 5.74) is -0.829. The predicted octanol–water partition coefficient (Wildman–Crippen LogP) is 2.90. The summed E-state index contributed by atoms with van der Waals surface area (Å²) in [5, 5.41) is 3.17. The molecule has 2 aliphatic rings. The van der Waals surface area contributed by atoms with Crippen LogP contribution in [0.5, 0.6) is 5.75 Å². The number of benzene rings is 1. The Kier molecular flexibility index (Phi) is 6.17. The maximum Gasteiger partial charge on any atom is 0.267 e. The number of fused-ring (bicyclic) bond motifs is 3. The summed E-state index contributed by atoms with van der Waals surface area (Å²) in [7, 11) is 1.48. The zero-order valence-corrected chi connectivity index (χ0v) is 13.8. The van der Waals surface area contributed by atoms with Crippen LogP contribution < -0.4 is 15.0 Å². The molecule has 0 radical (unpaired) electrons. The van der Waals surface area contributed by atoms with Gasteiger partial charge in [-0.25, -0.2) is 17.6 Å². The van der Waals surface area contributed by atoms with Gasteiger partial charge in [-0.3, -0.25) is 0 Å². The number of anilines is 1. The maximum atomic E-state index is 14.4. The van der Waals surface area contributed by atoms with E-state index in [4.69, 9.17) is 9.47 Å². The lowest BCUT2D eigenvalue weighted by atomic mass is 10.0. The van der Waals surface area contributed by atoms with Crippen LogP contribution in [-0.4, -0.2) is 45.5 Å². The van der Waals surface area contributed by atoms with E-state index < -0.39 is 29.7 Å². The molecule has 24 heavy (non-hydrogen) atoms. The van der Waals surface area contributed by atoms with Crippen molar-refractivity contribution in [2.75, 3.05) is 38.3 Å². The lowest BCUT2D eigenvalue weighted by Crippen LogP contribution is -2.52. The average molecular weight is 371 g/mol. The van der Waals surface area contributed by atoms with Gasteiger partial charge in [-0.05, 0) is 6.07 Å². The summed E-state index contributed by atoms with van der Waals surface area (Å²) in [4.78, 5) is 1.63. The van der Waals surface area contributed by atoms with Gasteiger partial charge in [0, 0.05) is 39.2 Å². The summed E-state index contributed by atoms with van der Waals surface area (Å²) in [6.07, 6.45) is -2.99. The molecule has 0 bridgehead atoms. The Morgan fingerprint density at radius 2 is 2.17 bits per heavy atom. The van der Waals surface area contributed by atoms with Crippen molar-refractivity contribution in [1.29, 1.82) is 0 Å². The van der Waals surface area contributed by atoms with E-state index in [1.165, 1.54) is 7.11 Å². The SMILES string of the molecule is COC[C@@H]1C[C@@H]2CNCCN2c2c(F)c(F)cc(C(F)F)c2O1.Cl. The fourth-order valence-corrected chi connectivity index (χ4v) is 3.23. The molecule has 2 aliphatic heterocycles. The highest BCUT2D eigenvalue weighted by molar-refractivity contribution is 5.85. The van der Waals surface area contributed by atoms with E-state index in [0.717, 1.165) is 0 Å². The van der Waals surface area contributed by atoms with Crippen LogP contribution >= 0.6 is 12.4 Å². The maximum absolute atomic E-state index is 14.4. The predicted molar refractivity (Wildman–Crippen MR) is 83.5 cm³/mol. The van der Waals surface area contributed by atoms with E-state index in [2.05, 4.69) is 5.32 Å². The third-order valence-electron chi connectivity index (χ3n) is 4.22. The minimum atomic E-state index is -2.96. The number of ether oxygens (including phenoxy) is 2. The number of nitrogens with one attached hydrogen (secondary N) is 1. The van der Waals surface area contributed by atoms with Crippen LogP contribution in [0.4, 0.5) is 23.2 Å². The molecule has 2 heterocycles. The van der Waals surface area contributed by atoms with Gasteiger partial charge in [0.1, 0.15) is 11.8 Å². The Bertz CT molecular complexity index is 591. The fourth-order valence-electron chi connectivity index (χ4n) is 3.23. The van der Waals surface area contributed by atoms with Gasteiger partial charge >= 0.3 is 0 Å². The molecule has 1 saturated heterocycles. The number of alkyl halides is 2. The average Bonchev–Trinajstić information content (AvgIpc) is 2.67. The van der Waals surface area contributed by atoms with E-state index in [1.807, 2.05) is 0 Å². The molecule has 136 valence electrons. The van der Waals surface area contributed by atoms with Crippen LogP contribution in [-0.2, 0) is 4.74 Å². The molecular formula is C15H19ClF4N2O2. The number of methoxy groups -OCH3 is 1. The first kappa shape index (κ1) is 19.1. The number of halogens is 5. The molecule has 4 nitrogen and oxygen atoms in total. The molecule has 0 unspecified atom stereocenters. The third-order valence-corrected chi connectivity index (χ3v) is 4.22. The van der Waals surface area contributed by atoms with Crippen LogP contribution in [0.2, 0.25) is 0 Å². The molecule has 3 rings (SSSR count). The number of nitrogens with zero attached hydrogens (tertiary/aromatic N) is 1. The molecule has 0 aliphatic carbocycles. The molecule has 1 fully saturated rings. The Morgan fingerprint density at radius 1 is 1.42 bits per heavy atom. The van der Waals surface area contributed by atoms with Crippen molar-refractivity contribution in [2.24, 2.45) is 0 Å². The summed E-state index contributed by atoms with van der Waals surface area (Å²) in [6.45, 7) is 1.68. The van der Waals surface area contributed by atoms with Crippen molar-refractivity contribution >= 4 is 18.1 Å². The van der Waals surface area contributed by atoms with E-state index in [9.17, 15) is 17.6 Å². The van der Waals surface area contributed by atoms with E-state index in [-0.39, 0.29) is 36.5 Å². The minimum Gasteiger partial charge on any atom is -0.485 e. The second kappa shape index (κ2) is 7.76. The summed E-state index contributed by atoms with van der Waals surface area (Å²) < 4.78 is 65.5. The zero-order chi connectivity index (χ0) is 16.6. The zero-order valence-electron chi connectivity index (χ0n) is 13.0. The van der Waals surface area contributed by atoms with E-state index in [1.54, 1.807) is 4.90 Å². The highest BCUT2D eigenvalue weighted by Crippen LogP contribution is 2.44. The van der Waals surface area contributed by atoms with Crippen molar-refractivity contribution in [3.8, 4) is 5.75 Å². The fraction of sp³-hybridized carbons (Fsp3) is 0.600. The topological polar surface area (TPSA) is 33.7 Å². The molecule has 0 spiro atoms. The first-order valence-electron chi connectivity index (χ1n) is 7.46. The van der Waals surface area contributed by atoms with Crippen LogP contribution in [0.1, 0.15) is 18.4 Å². The van der Waals surface area contributed by atoms with Crippen molar-refractivity contribution in [3.05, 3.63) is 23.3 Å². The smallest absolute Gasteiger partial charge is 0.267 e. The highest BCUT2D eigenvalue weighted by Gasteiger charge is 2.37. The summed E-state index contributed by atoms with van der Waals surface area (Å²) in [6, 6.07) is 0.345.